The summed E-state index contributed by atoms with van der Waals surface area (Å²) in [4.78, 5) is 16.8. The van der Waals surface area contributed by atoms with Crippen molar-refractivity contribution in [3.05, 3.63) is 72.3 Å². The van der Waals surface area contributed by atoms with Gasteiger partial charge >= 0.3 is 0 Å². The zero-order valence-electron chi connectivity index (χ0n) is 19.4. The number of rotatable bonds is 8. The summed E-state index contributed by atoms with van der Waals surface area (Å²) in [5.74, 6) is 0.285. The number of nitrogens with one attached hydrogen (secondary N) is 3. The van der Waals surface area contributed by atoms with Crippen LogP contribution >= 0.6 is 0 Å². The molecule has 4 N–H and O–H groups in total. The van der Waals surface area contributed by atoms with Gasteiger partial charge in [-0.05, 0) is 43.4 Å². The number of aromatic hydroxyl groups is 1. The number of hydrogen-bond acceptors (Lipinski definition) is 5. The lowest BCUT2D eigenvalue weighted by molar-refractivity contribution is 0.0929. The highest BCUT2D eigenvalue weighted by molar-refractivity contribution is 5.99. The summed E-state index contributed by atoms with van der Waals surface area (Å²) < 4.78 is 5.27. The molecule has 1 amide bonds. The molecule has 1 fully saturated rings. The zero-order chi connectivity index (χ0) is 24.4. The number of aliphatic imine (C=N–C) groups is 1. The molecule has 8 heteroatoms. The van der Waals surface area contributed by atoms with E-state index < -0.39 is 0 Å². The average Bonchev–Trinajstić information content (AvgIpc) is 2.87. The number of nitriles is 1. The maximum absolute atomic E-state index is 13.0. The van der Waals surface area contributed by atoms with Crippen LogP contribution in [0, 0.1) is 11.5 Å². The number of carbonyl (C=O) groups excluding carboxylic acids is 1. The van der Waals surface area contributed by atoms with Gasteiger partial charge in [-0.2, -0.15) is 5.26 Å². The predicted octanol–water partition coefficient (Wildman–Crippen LogP) is 3.21. The largest absolute Gasteiger partial charge is 0.507 e. The van der Waals surface area contributed by atoms with Crippen molar-refractivity contribution in [3.8, 4) is 17.7 Å². The van der Waals surface area contributed by atoms with Crippen molar-refractivity contribution >= 4 is 11.9 Å². The Hall–Kier alpha value is -3.99. The van der Waals surface area contributed by atoms with Crippen LogP contribution in [-0.4, -0.2) is 43.2 Å². The molecule has 0 aromatic heterocycles. The Kier molecular flexibility index (Phi) is 8.52. The molecule has 0 unspecified atom stereocenters. The molecule has 0 aliphatic heterocycles. The Bertz CT molecular complexity index is 1050. The number of ether oxygens (including phenoxy) is 1. The molecular formula is C26H31N5O3. The molecule has 0 radical (unpaired) electrons. The molecule has 0 heterocycles. The first-order chi connectivity index (χ1) is 16.5. The molecule has 0 bridgehead atoms. The van der Waals surface area contributed by atoms with Crippen LogP contribution < -0.4 is 20.7 Å². The minimum Gasteiger partial charge on any atom is -0.507 e. The molecule has 34 heavy (non-hydrogen) atoms. The van der Waals surface area contributed by atoms with Crippen LogP contribution in [0.25, 0.3) is 0 Å². The summed E-state index contributed by atoms with van der Waals surface area (Å²) in [6.07, 6.45) is 6.86. The van der Waals surface area contributed by atoms with Crippen molar-refractivity contribution in [2.24, 2.45) is 4.99 Å². The highest BCUT2D eigenvalue weighted by Crippen LogP contribution is 2.39. The van der Waals surface area contributed by atoms with Crippen LogP contribution in [0.4, 0.5) is 0 Å². The fourth-order valence-electron chi connectivity index (χ4n) is 4.46. The second kappa shape index (κ2) is 11.8. The van der Waals surface area contributed by atoms with Gasteiger partial charge in [0, 0.05) is 24.5 Å². The summed E-state index contributed by atoms with van der Waals surface area (Å²) in [6, 6.07) is 15.1. The molecule has 1 aliphatic rings. The van der Waals surface area contributed by atoms with Crippen molar-refractivity contribution in [2.75, 3.05) is 20.2 Å². The molecule has 1 aliphatic carbocycles. The lowest BCUT2D eigenvalue weighted by Crippen LogP contribution is -2.49. The van der Waals surface area contributed by atoms with E-state index in [2.05, 4.69) is 39.7 Å². The van der Waals surface area contributed by atoms with Gasteiger partial charge in [0.1, 0.15) is 17.1 Å². The van der Waals surface area contributed by atoms with Crippen molar-refractivity contribution in [3.63, 3.8) is 0 Å². The van der Waals surface area contributed by atoms with Crippen LogP contribution in [0.5, 0.6) is 11.5 Å². The van der Waals surface area contributed by atoms with Gasteiger partial charge < -0.3 is 25.8 Å². The van der Waals surface area contributed by atoms with E-state index in [4.69, 9.17) is 10.00 Å². The summed E-state index contributed by atoms with van der Waals surface area (Å²) in [7, 11) is 1.47. The molecular weight excluding hydrogens is 430 g/mol. The summed E-state index contributed by atoms with van der Waals surface area (Å²) >= 11 is 0. The third-order valence-electron chi connectivity index (χ3n) is 6.28. The molecule has 0 saturated heterocycles. The minimum absolute atomic E-state index is 0.116. The van der Waals surface area contributed by atoms with E-state index in [-0.39, 0.29) is 28.7 Å². The highest BCUT2D eigenvalue weighted by Gasteiger charge is 2.37. The number of guanidine groups is 1. The lowest BCUT2D eigenvalue weighted by Gasteiger charge is -2.41. The number of hydrogen-bond donors (Lipinski definition) is 4. The standard InChI is InChI=1S/C26H31N5O3/c1-3-16-28-25(30-18-27)31-20-12-14-26(15-13-20,19-8-5-4-6-9-19)17-29-24(33)23-21(32)10-7-11-22(23)34-2/h3-11,20,32H,1,12-17H2,2H3,(H,29,33)(H2,28,30,31)/t20-,26+. The average molecular weight is 462 g/mol. The Morgan fingerprint density at radius 1 is 1.24 bits per heavy atom. The first-order valence-corrected chi connectivity index (χ1v) is 11.3. The van der Waals surface area contributed by atoms with Gasteiger partial charge in [-0.1, -0.05) is 42.5 Å². The van der Waals surface area contributed by atoms with E-state index in [9.17, 15) is 9.90 Å². The Balaban J connectivity index is 1.74. The van der Waals surface area contributed by atoms with E-state index in [1.807, 2.05) is 24.4 Å². The van der Waals surface area contributed by atoms with Gasteiger partial charge in [-0.3, -0.25) is 4.79 Å². The predicted molar refractivity (Wildman–Crippen MR) is 132 cm³/mol. The third-order valence-corrected chi connectivity index (χ3v) is 6.28. The van der Waals surface area contributed by atoms with Gasteiger partial charge in [-0.25, -0.2) is 0 Å². The van der Waals surface area contributed by atoms with E-state index in [1.54, 1.807) is 18.2 Å². The van der Waals surface area contributed by atoms with Crippen molar-refractivity contribution < 1.29 is 14.6 Å². The highest BCUT2D eigenvalue weighted by atomic mass is 16.5. The maximum Gasteiger partial charge on any atom is 0.258 e. The van der Waals surface area contributed by atoms with Crippen LogP contribution in [-0.2, 0) is 5.41 Å². The second-order valence-electron chi connectivity index (χ2n) is 8.33. The Morgan fingerprint density at radius 2 is 1.97 bits per heavy atom. The van der Waals surface area contributed by atoms with E-state index in [0.29, 0.717) is 24.8 Å². The molecule has 0 atom stereocenters. The SMILES string of the molecule is C=CCN/C(=N\C#N)N[C@H]1CC[C@@](CNC(=O)c2c(O)cccc2OC)(c2ccccc2)CC1. The van der Waals surface area contributed by atoms with E-state index >= 15 is 0 Å². The quantitative estimate of drug-likeness (QED) is 0.207. The van der Waals surface area contributed by atoms with E-state index in [0.717, 1.165) is 31.2 Å². The molecule has 2 aromatic rings. The van der Waals surface area contributed by atoms with Gasteiger partial charge in [0.25, 0.3) is 5.91 Å². The molecule has 3 rings (SSSR count). The Labute approximate surface area is 200 Å². The van der Waals surface area contributed by atoms with Crippen LogP contribution in [0.2, 0.25) is 0 Å². The third kappa shape index (κ3) is 5.87. The number of nitrogens with zero attached hydrogens (tertiary/aromatic N) is 2. The Morgan fingerprint density at radius 3 is 2.62 bits per heavy atom. The molecule has 1 saturated carbocycles. The van der Waals surface area contributed by atoms with Gasteiger partial charge in [-0.15, -0.1) is 11.6 Å². The lowest BCUT2D eigenvalue weighted by atomic mass is 9.68. The fraction of sp³-hybridized carbons (Fsp3) is 0.346. The maximum atomic E-state index is 13.0. The number of phenolic OH excluding ortho intramolecular Hbond substituents is 1. The van der Waals surface area contributed by atoms with Gasteiger partial charge in [0.2, 0.25) is 12.2 Å². The smallest absolute Gasteiger partial charge is 0.258 e. The molecule has 0 spiro atoms. The number of benzene rings is 2. The second-order valence-corrected chi connectivity index (χ2v) is 8.33. The van der Waals surface area contributed by atoms with Crippen LogP contribution in [0.3, 0.4) is 0 Å². The topological polar surface area (TPSA) is 119 Å². The number of methoxy groups -OCH3 is 1. The van der Waals surface area contributed by atoms with Crippen molar-refractivity contribution in [1.29, 1.82) is 5.26 Å². The zero-order valence-corrected chi connectivity index (χ0v) is 19.4. The molecule has 178 valence electrons. The fourth-order valence-corrected chi connectivity index (χ4v) is 4.46. The number of carbonyl (C=O) groups is 1. The monoisotopic (exact) mass is 461 g/mol. The first-order valence-electron chi connectivity index (χ1n) is 11.3. The van der Waals surface area contributed by atoms with Gasteiger partial charge in [0.05, 0.1) is 7.11 Å². The first kappa shape index (κ1) is 24.6. The van der Waals surface area contributed by atoms with Crippen LogP contribution in [0.1, 0.15) is 41.6 Å². The number of amides is 1. The van der Waals surface area contributed by atoms with E-state index in [1.165, 1.54) is 13.2 Å². The normalized spacial score (nSPS) is 20.0. The summed E-state index contributed by atoms with van der Waals surface area (Å²) in [5.41, 5.74) is 1.04. The van der Waals surface area contributed by atoms with Crippen LogP contribution in [0.15, 0.2) is 66.2 Å². The summed E-state index contributed by atoms with van der Waals surface area (Å²) in [5, 5.41) is 28.6. The van der Waals surface area contributed by atoms with Gasteiger partial charge in [0.15, 0.2) is 0 Å². The van der Waals surface area contributed by atoms with Crippen molar-refractivity contribution in [1.82, 2.24) is 16.0 Å². The molecule has 2 aromatic carbocycles. The molecule has 8 nitrogen and oxygen atoms in total. The number of phenols is 1. The minimum atomic E-state index is -0.373. The summed E-state index contributed by atoms with van der Waals surface area (Å²) in [6.45, 7) is 4.61. The van der Waals surface area contributed by atoms with Crippen molar-refractivity contribution in [2.45, 2.75) is 37.1 Å².